The Hall–Kier alpha value is -2.81. The molecule has 0 spiro atoms. The number of hydrogen-bond donors (Lipinski definition) is 2. The van der Waals surface area contributed by atoms with Crippen LogP contribution < -0.4 is 10.6 Å². The number of anilines is 1. The summed E-state index contributed by atoms with van der Waals surface area (Å²) in [6.07, 6.45) is 3.96. The number of carbonyl (C=O) groups is 2. The Balaban J connectivity index is 2.35. The van der Waals surface area contributed by atoms with E-state index in [9.17, 15) is 14.9 Å². The van der Waals surface area contributed by atoms with Crippen molar-refractivity contribution in [2.24, 2.45) is 5.73 Å². The zero-order valence-corrected chi connectivity index (χ0v) is 11.3. The minimum absolute atomic E-state index is 0.391. The van der Waals surface area contributed by atoms with E-state index in [1.807, 2.05) is 4.90 Å². The predicted molar refractivity (Wildman–Crippen MR) is 77.4 cm³/mol. The monoisotopic (exact) mass is 285 g/mol. The molecule has 1 saturated heterocycles. The SMILES string of the molecule is N#Cc1cc(/C=C/C(=O)O)ccc1N1CCCC1C(N)=O. The quantitative estimate of drug-likeness (QED) is 0.806. The first-order chi connectivity index (χ1) is 10.0. The molecule has 1 aliphatic heterocycles. The fraction of sp³-hybridized carbons (Fsp3) is 0.267. The molecule has 1 unspecified atom stereocenters. The van der Waals surface area contributed by atoms with Gasteiger partial charge in [-0.2, -0.15) is 5.26 Å². The van der Waals surface area contributed by atoms with Crippen molar-refractivity contribution < 1.29 is 14.7 Å². The number of primary amides is 1. The summed E-state index contributed by atoms with van der Waals surface area (Å²) in [5, 5.41) is 17.9. The highest BCUT2D eigenvalue weighted by Gasteiger charge is 2.30. The first-order valence-corrected chi connectivity index (χ1v) is 6.54. The highest BCUT2D eigenvalue weighted by Crippen LogP contribution is 2.29. The van der Waals surface area contributed by atoms with Crippen LogP contribution in [0.5, 0.6) is 0 Å². The molecule has 1 amide bonds. The van der Waals surface area contributed by atoms with Gasteiger partial charge in [-0.25, -0.2) is 4.79 Å². The zero-order valence-electron chi connectivity index (χ0n) is 11.3. The van der Waals surface area contributed by atoms with E-state index in [2.05, 4.69) is 6.07 Å². The molecule has 21 heavy (non-hydrogen) atoms. The van der Waals surface area contributed by atoms with Gasteiger partial charge < -0.3 is 15.7 Å². The smallest absolute Gasteiger partial charge is 0.328 e. The number of amides is 1. The van der Waals surface area contributed by atoms with Gasteiger partial charge in [-0.3, -0.25) is 4.79 Å². The number of aliphatic carboxylic acids is 1. The number of rotatable bonds is 4. The maximum atomic E-state index is 11.5. The minimum Gasteiger partial charge on any atom is -0.478 e. The van der Waals surface area contributed by atoms with Crippen LogP contribution >= 0.6 is 0 Å². The van der Waals surface area contributed by atoms with Gasteiger partial charge >= 0.3 is 5.97 Å². The van der Waals surface area contributed by atoms with Crippen LogP contribution in [0.4, 0.5) is 5.69 Å². The molecule has 3 N–H and O–H groups in total. The lowest BCUT2D eigenvalue weighted by atomic mass is 10.1. The van der Waals surface area contributed by atoms with Gasteiger partial charge in [0.1, 0.15) is 12.1 Å². The second kappa shape index (κ2) is 6.09. The molecule has 1 fully saturated rings. The van der Waals surface area contributed by atoms with E-state index in [-0.39, 0.29) is 0 Å². The first kappa shape index (κ1) is 14.6. The van der Waals surface area contributed by atoms with E-state index >= 15 is 0 Å². The Kier molecular flexibility index (Phi) is 4.24. The van der Waals surface area contributed by atoms with Crippen LogP contribution in [0.25, 0.3) is 6.08 Å². The van der Waals surface area contributed by atoms with Crippen molar-refractivity contribution in [3.63, 3.8) is 0 Å². The topological polar surface area (TPSA) is 107 Å². The minimum atomic E-state index is -1.05. The molecule has 0 radical (unpaired) electrons. The van der Waals surface area contributed by atoms with Crippen molar-refractivity contribution in [1.29, 1.82) is 5.26 Å². The second-order valence-corrected chi connectivity index (χ2v) is 4.81. The van der Waals surface area contributed by atoms with Crippen LogP contribution in [0.2, 0.25) is 0 Å². The van der Waals surface area contributed by atoms with Gasteiger partial charge in [0.15, 0.2) is 0 Å². The zero-order chi connectivity index (χ0) is 15.4. The number of nitriles is 1. The molecule has 2 rings (SSSR count). The summed E-state index contributed by atoms with van der Waals surface area (Å²) in [6.45, 7) is 0.673. The fourth-order valence-corrected chi connectivity index (χ4v) is 2.52. The molecule has 1 heterocycles. The van der Waals surface area contributed by atoms with Crippen LogP contribution in [0, 0.1) is 11.3 Å². The number of carboxylic acids is 1. The van der Waals surface area contributed by atoms with E-state index in [0.29, 0.717) is 29.8 Å². The maximum Gasteiger partial charge on any atom is 0.328 e. The summed E-state index contributed by atoms with van der Waals surface area (Å²) in [5.41, 5.74) is 7.06. The van der Waals surface area contributed by atoms with Gasteiger partial charge in [0.25, 0.3) is 0 Å². The Morgan fingerprint density at radius 1 is 1.48 bits per heavy atom. The molecule has 108 valence electrons. The molecule has 0 aliphatic carbocycles. The molecule has 6 heteroatoms. The lowest BCUT2D eigenvalue weighted by molar-refractivity contribution is -0.131. The van der Waals surface area contributed by atoms with E-state index in [1.165, 1.54) is 6.08 Å². The highest BCUT2D eigenvalue weighted by molar-refractivity contribution is 5.86. The molecule has 0 saturated carbocycles. The third-order valence-corrected chi connectivity index (χ3v) is 3.45. The summed E-state index contributed by atoms with van der Waals surface area (Å²) in [6, 6.07) is 6.73. The molecular weight excluding hydrogens is 270 g/mol. The predicted octanol–water partition coefficient (Wildman–Crippen LogP) is 1.11. The summed E-state index contributed by atoms with van der Waals surface area (Å²) < 4.78 is 0. The van der Waals surface area contributed by atoms with Crippen molar-refractivity contribution in [1.82, 2.24) is 0 Å². The Labute approximate surface area is 122 Å². The lowest BCUT2D eigenvalue weighted by Crippen LogP contribution is -2.40. The average Bonchev–Trinajstić information content (AvgIpc) is 2.94. The maximum absolute atomic E-state index is 11.5. The number of nitrogens with two attached hydrogens (primary N) is 1. The van der Waals surface area contributed by atoms with Crippen molar-refractivity contribution in [2.45, 2.75) is 18.9 Å². The van der Waals surface area contributed by atoms with Gasteiger partial charge in [-0.15, -0.1) is 0 Å². The molecule has 0 aromatic heterocycles. The number of carboxylic acid groups (broad SMARTS) is 1. The van der Waals surface area contributed by atoms with Crippen molar-refractivity contribution in [2.75, 3.05) is 11.4 Å². The standard InChI is InChI=1S/C15H15N3O3/c16-9-11-8-10(4-6-14(19)20)3-5-12(11)18-7-1-2-13(18)15(17)21/h3-6,8,13H,1-2,7H2,(H2,17,21)(H,19,20)/b6-4+. The van der Waals surface area contributed by atoms with Gasteiger partial charge in [0.05, 0.1) is 11.3 Å². The number of benzene rings is 1. The second-order valence-electron chi connectivity index (χ2n) is 4.81. The molecule has 0 bridgehead atoms. The molecule has 6 nitrogen and oxygen atoms in total. The number of hydrogen-bond acceptors (Lipinski definition) is 4. The molecule has 1 aromatic rings. The summed E-state index contributed by atoms with van der Waals surface area (Å²) in [7, 11) is 0. The Morgan fingerprint density at radius 3 is 2.86 bits per heavy atom. The van der Waals surface area contributed by atoms with Crippen molar-refractivity contribution >= 4 is 23.6 Å². The van der Waals surface area contributed by atoms with Gasteiger partial charge in [-0.05, 0) is 36.6 Å². The van der Waals surface area contributed by atoms with Crippen LogP contribution in [-0.4, -0.2) is 29.6 Å². The molecular formula is C15H15N3O3. The van der Waals surface area contributed by atoms with E-state index < -0.39 is 17.9 Å². The van der Waals surface area contributed by atoms with E-state index in [1.54, 1.807) is 18.2 Å². The summed E-state index contributed by atoms with van der Waals surface area (Å²) >= 11 is 0. The van der Waals surface area contributed by atoms with Crippen LogP contribution in [0.15, 0.2) is 24.3 Å². The van der Waals surface area contributed by atoms with Crippen molar-refractivity contribution in [3.05, 3.63) is 35.4 Å². The third kappa shape index (κ3) is 3.20. The van der Waals surface area contributed by atoms with Gasteiger partial charge in [-0.1, -0.05) is 6.07 Å². The molecule has 1 atom stereocenters. The number of nitrogens with zero attached hydrogens (tertiary/aromatic N) is 2. The molecule has 1 aliphatic rings. The lowest BCUT2D eigenvalue weighted by Gasteiger charge is -2.25. The molecule has 1 aromatic carbocycles. The van der Waals surface area contributed by atoms with Crippen LogP contribution in [-0.2, 0) is 9.59 Å². The first-order valence-electron chi connectivity index (χ1n) is 6.54. The van der Waals surface area contributed by atoms with Crippen LogP contribution in [0.1, 0.15) is 24.0 Å². The third-order valence-electron chi connectivity index (χ3n) is 3.45. The number of carbonyl (C=O) groups excluding carboxylic acids is 1. The average molecular weight is 285 g/mol. The van der Waals surface area contributed by atoms with Crippen molar-refractivity contribution in [3.8, 4) is 6.07 Å². The van der Waals surface area contributed by atoms with Gasteiger partial charge in [0, 0.05) is 12.6 Å². The summed E-state index contributed by atoms with van der Waals surface area (Å²) in [4.78, 5) is 23.8. The van der Waals surface area contributed by atoms with Crippen LogP contribution in [0.3, 0.4) is 0 Å². The summed E-state index contributed by atoms with van der Waals surface area (Å²) in [5.74, 6) is -1.45. The highest BCUT2D eigenvalue weighted by atomic mass is 16.4. The Bertz CT molecular complexity index is 646. The largest absolute Gasteiger partial charge is 0.478 e. The Morgan fingerprint density at radius 2 is 2.24 bits per heavy atom. The van der Waals surface area contributed by atoms with E-state index in [4.69, 9.17) is 10.8 Å². The fourth-order valence-electron chi connectivity index (χ4n) is 2.52. The normalized spacial score (nSPS) is 17.9. The van der Waals surface area contributed by atoms with E-state index in [0.717, 1.165) is 12.5 Å². The van der Waals surface area contributed by atoms with Gasteiger partial charge in [0.2, 0.25) is 5.91 Å².